The first kappa shape index (κ1) is 10.9. The van der Waals surface area contributed by atoms with E-state index in [1.807, 2.05) is 13.0 Å². The van der Waals surface area contributed by atoms with Crippen molar-refractivity contribution in [1.29, 1.82) is 0 Å². The molecule has 0 unspecified atom stereocenters. The van der Waals surface area contributed by atoms with Gasteiger partial charge in [-0.3, -0.25) is 4.79 Å². The third kappa shape index (κ3) is 2.13. The fraction of sp³-hybridized carbons (Fsp3) is 0.385. The average molecular weight is 217 g/mol. The third-order valence-corrected chi connectivity index (χ3v) is 2.85. The zero-order valence-electron chi connectivity index (χ0n) is 9.62. The van der Waals surface area contributed by atoms with Crippen LogP contribution in [0.5, 0.6) is 5.88 Å². The standard InChI is InChI=1S/C13H15NO2/c1-9-6-11(15)5-3-4-10-7-13(16-2)14-8-12(9)10/h6-8H,3-5H2,1-2H3/b9-6-. The Labute approximate surface area is 95.2 Å². The van der Waals surface area contributed by atoms with Crippen LogP contribution >= 0.6 is 0 Å². The van der Waals surface area contributed by atoms with Gasteiger partial charge in [0.15, 0.2) is 5.78 Å². The van der Waals surface area contributed by atoms with Crippen LogP contribution in [0.1, 0.15) is 30.9 Å². The van der Waals surface area contributed by atoms with Crippen molar-refractivity contribution in [3.63, 3.8) is 0 Å². The number of ketones is 1. The first-order valence-electron chi connectivity index (χ1n) is 5.45. The summed E-state index contributed by atoms with van der Waals surface area (Å²) in [4.78, 5) is 15.6. The largest absolute Gasteiger partial charge is 0.481 e. The van der Waals surface area contributed by atoms with E-state index < -0.39 is 0 Å². The van der Waals surface area contributed by atoms with Gasteiger partial charge in [-0.05, 0) is 42.5 Å². The second-order valence-corrected chi connectivity index (χ2v) is 4.03. The average Bonchev–Trinajstić information content (AvgIpc) is 2.26. The number of methoxy groups -OCH3 is 1. The lowest BCUT2D eigenvalue weighted by Crippen LogP contribution is -2.04. The molecule has 1 aromatic heterocycles. The van der Waals surface area contributed by atoms with Gasteiger partial charge in [-0.2, -0.15) is 0 Å². The molecule has 0 radical (unpaired) electrons. The topological polar surface area (TPSA) is 39.2 Å². The number of pyridine rings is 1. The Balaban J connectivity index is 2.47. The Bertz CT molecular complexity index is 449. The second-order valence-electron chi connectivity index (χ2n) is 4.03. The fourth-order valence-corrected chi connectivity index (χ4v) is 1.99. The molecule has 0 N–H and O–H groups in total. The zero-order valence-corrected chi connectivity index (χ0v) is 9.62. The molecule has 1 aliphatic carbocycles. The lowest BCUT2D eigenvalue weighted by Gasteiger charge is -2.13. The minimum Gasteiger partial charge on any atom is -0.481 e. The highest BCUT2D eigenvalue weighted by atomic mass is 16.5. The number of allylic oxidation sites excluding steroid dienone is 2. The van der Waals surface area contributed by atoms with Crippen LogP contribution in [0.25, 0.3) is 5.57 Å². The van der Waals surface area contributed by atoms with Crippen molar-refractivity contribution in [2.45, 2.75) is 26.2 Å². The van der Waals surface area contributed by atoms with Crippen molar-refractivity contribution in [2.75, 3.05) is 7.11 Å². The van der Waals surface area contributed by atoms with Gasteiger partial charge in [-0.1, -0.05) is 0 Å². The molecule has 0 saturated carbocycles. The molecule has 84 valence electrons. The van der Waals surface area contributed by atoms with Gasteiger partial charge in [-0.15, -0.1) is 0 Å². The Hall–Kier alpha value is -1.64. The Morgan fingerprint density at radius 3 is 2.94 bits per heavy atom. The van der Waals surface area contributed by atoms with Crippen LogP contribution in [0, 0.1) is 0 Å². The predicted molar refractivity (Wildman–Crippen MR) is 62.4 cm³/mol. The lowest BCUT2D eigenvalue weighted by atomic mass is 9.94. The monoisotopic (exact) mass is 217 g/mol. The predicted octanol–water partition coefficient (Wildman–Crippen LogP) is 2.40. The molecular weight excluding hydrogens is 202 g/mol. The minimum atomic E-state index is 0.207. The summed E-state index contributed by atoms with van der Waals surface area (Å²) >= 11 is 0. The summed E-state index contributed by atoms with van der Waals surface area (Å²) in [5, 5.41) is 0. The van der Waals surface area contributed by atoms with Gasteiger partial charge >= 0.3 is 0 Å². The Kier molecular flexibility index (Phi) is 3.04. The van der Waals surface area contributed by atoms with Crippen molar-refractivity contribution in [3.05, 3.63) is 29.5 Å². The zero-order chi connectivity index (χ0) is 11.5. The maximum atomic E-state index is 11.5. The lowest BCUT2D eigenvalue weighted by molar-refractivity contribution is -0.114. The SMILES string of the molecule is COc1cc2c(cn1)/C(C)=C\C(=O)CCC2. The first-order chi connectivity index (χ1) is 7.70. The Morgan fingerprint density at radius 1 is 1.38 bits per heavy atom. The number of hydrogen-bond donors (Lipinski definition) is 0. The van der Waals surface area contributed by atoms with Crippen molar-refractivity contribution >= 4 is 11.4 Å². The summed E-state index contributed by atoms with van der Waals surface area (Å²) in [5.74, 6) is 0.845. The van der Waals surface area contributed by atoms with Crippen LogP contribution in [-0.4, -0.2) is 17.9 Å². The third-order valence-electron chi connectivity index (χ3n) is 2.85. The molecule has 0 fully saturated rings. The first-order valence-corrected chi connectivity index (χ1v) is 5.45. The molecule has 16 heavy (non-hydrogen) atoms. The van der Waals surface area contributed by atoms with Crippen LogP contribution in [0.15, 0.2) is 18.3 Å². The molecule has 1 aromatic rings. The van der Waals surface area contributed by atoms with Crippen molar-refractivity contribution in [1.82, 2.24) is 4.98 Å². The summed E-state index contributed by atoms with van der Waals surface area (Å²) in [5.41, 5.74) is 3.27. The molecule has 0 bridgehead atoms. The molecular formula is C13H15NO2. The van der Waals surface area contributed by atoms with Crippen molar-refractivity contribution < 1.29 is 9.53 Å². The summed E-state index contributed by atoms with van der Waals surface area (Å²) in [6, 6.07) is 1.96. The summed E-state index contributed by atoms with van der Waals surface area (Å²) in [7, 11) is 1.61. The maximum absolute atomic E-state index is 11.5. The van der Waals surface area contributed by atoms with Gasteiger partial charge in [0.05, 0.1) is 7.11 Å². The molecule has 0 saturated heterocycles. The maximum Gasteiger partial charge on any atom is 0.213 e. The normalized spacial score (nSPS) is 19.1. The number of carbonyl (C=O) groups is 1. The van der Waals surface area contributed by atoms with Gasteiger partial charge in [0, 0.05) is 18.7 Å². The van der Waals surface area contributed by atoms with Crippen LogP contribution < -0.4 is 4.74 Å². The summed E-state index contributed by atoms with van der Waals surface area (Å²) < 4.78 is 5.11. The van der Waals surface area contributed by atoms with E-state index >= 15 is 0 Å². The number of ether oxygens (including phenoxy) is 1. The van der Waals surface area contributed by atoms with E-state index in [0.29, 0.717) is 12.3 Å². The molecule has 0 aromatic carbocycles. The van der Waals surface area contributed by atoms with Gasteiger partial charge in [0.1, 0.15) is 0 Å². The molecule has 0 atom stereocenters. The molecule has 3 heteroatoms. The molecule has 0 spiro atoms. The number of carbonyl (C=O) groups excluding carboxylic acids is 1. The van der Waals surface area contributed by atoms with Crippen LogP contribution in [0.3, 0.4) is 0 Å². The molecule has 0 amide bonds. The van der Waals surface area contributed by atoms with Crippen molar-refractivity contribution in [3.8, 4) is 5.88 Å². The fourth-order valence-electron chi connectivity index (χ4n) is 1.99. The van der Waals surface area contributed by atoms with Gasteiger partial charge in [0.25, 0.3) is 0 Å². The molecule has 0 aliphatic heterocycles. The smallest absolute Gasteiger partial charge is 0.213 e. The van der Waals surface area contributed by atoms with E-state index in [9.17, 15) is 4.79 Å². The molecule has 3 nitrogen and oxygen atoms in total. The van der Waals surface area contributed by atoms with E-state index in [1.54, 1.807) is 19.4 Å². The molecule has 1 heterocycles. The highest BCUT2D eigenvalue weighted by molar-refractivity contribution is 5.97. The van der Waals surface area contributed by atoms with E-state index in [-0.39, 0.29) is 5.78 Å². The van der Waals surface area contributed by atoms with Gasteiger partial charge < -0.3 is 4.74 Å². The second kappa shape index (κ2) is 4.47. The van der Waals surface area contributed by atoms with E-state index in [4.69, 9.17) is 4.74 Å². The minimum absolute atomic E-state index is 0.207. The number of nitrogens with zero attached hydrogens (tertiary/aromatic N) is 1. The number of aromatic nitrogens is 1. The number of rotatable bonds is 1. The van der Waals surface area contributed by atoms with E-state index in [0.717, 1.165) is 24.0 Å². The van der Waals surface area contributed by atoms with Gasteiger partial charge in [0.2, 0.25) is 5.88 Å². The number of hydrogen-bond acceptors (Lipinski definition) is 3. The Morgan fingerprint density at radius 2 is 2.19 bits per heavy atom. The number of fused-ring (bicyclic) bond motifs is 1. The van der Waals surface area contributed by atoms with Crippen LogP contribution in [0.2, 0.25) is 0 Å². The van der Waals surface area contributed by atoms with Crippen LogP contribution in [0.4, 0.5) is 0 Å². The molecule has 2 rings (SSSR count). The summed E-state index contributed by atoms with van der Waals surface area (Å²) in [6.07, 6.45) is 5.93. The van der Waals surface area contributed by atoms with E-state index in [2.05, 4.69) is 4.98 Å². The van der Waals surface area contributed by atoms with E-state index in [1.165, 1.54) is 5.56 Å². The number of aryl methyl sites for hydroxylation is 1. The van der Waals surface area contributed by atoms with Gasteiger partial charge in [-0.25, -0.2) is 4.98 Å². The summed E-state index contributed by atoms with van der Waals surface area (Å²) in [6.45, 7) is 1.95. The molecule has 1 aliphatic rings. The van der Waals surface area contributed by atoms with Crippen molar-refractivity contribution in [2.24, 2.45) is 0 Å². The van der Waals surface area contributed by atoms with Crippen LogP contribution in [-0.2, 0) is 11.2 Å². The highest BCUT2D eigenvalue weighted by Crippen LogP contribution is 2.25. The quantitative estimate of drug-likeness (QED) is 0.725. The highest BCUT2D eigenvalue weighted by Gasteiger charge is 2.12.